The normalized spacial score (nSPS) is 12.8. The van der Waals surface area contributed by atoms with Gasteiger partial charge >= 0.3 is 0 Å². The number of anilines is 1. The molecule has 1 unspecified atom stereocenters. The fraction of sp³-hybridized carbons (Fsp3) is 0.500. The molecule has 1 aromatic rings. The molecule has 16 heavy (non-hydrogen) atoms. The Labute approximate surface area is 100 Å². The van der Waals surface area contributed by atoms with Crippen molar-refractivity contribution in [3.05, 3.63) is 22.3 Å². The minimum atomic E-state index is -1.14. The third kappa shape index (κ3) is 2.13. The summed E-state index contributed by atoms with van der Waals surface area (Å²) in [5.41, 5.74) is 10.9. The van der Waals surface area contributed by atoms with Crippen LogP contribution in [-0.2, 0) is 11.0 Å². The maximum absolute atomic E-state index is 12.1. The second-order valence-electron chi connectivity index (χ2n) is 4.01. The van der Waals surface area contributed by atoms with Crippen LogP contribution in [0.25, 0.3) is 0 Å². The van der Waals surface area contributed by atoms with Crippen molar-refractivity contribution in [1.29, 1.82) is 0 Å². The van der Waals surface area contributed by atoms with Gasteiger partial charge in [0.05, 0.1) is 4.90 Å². The van der Waals surface area contributed by atoms with E-state index in [2.05, 4.69) is 4.72 Å². The standard InChI is InChI=1S/C12H20N2OS/c1-6-14-16(15)12-9(4)7(2)11(13)8(3)10(12)5/h14H,6,13H2,1-5H3. The topological polar surface area (TPSA) is 55.1 Å². The number of hydrogen-bond acceptors (Lipinski definition) is 2. The van der Waals surface area contributed by atoms with E-state index in [-0.39, 0.29) is 0 Å². The molecule has 90 valence electrons. The fourth-order valence-corrected chi connectivity index (χ4v) is 3.06. The molecule has 3 N–H and O–H groups in total. The van der Waals surface area contributed by atoms with Gasteiger partial charge in [0.1, 0.15) is 11.0 Å². The van der Waals surface area contributed by atoms with E-state index in [0.717, 1.165) is 32.8 Å². The zero-order valence-corrected chi connectivity index (χ0v) is 11.4. The van der Waals surface area contributed by atoms with Gasteiger partial charge in [0.15, 0.2) is 0 Å². The van der Waals surface area contributed by atoms with Crippen LogP contribution in [0.5, 0.6) is 0 Å². The summed E-state index contributed by atoms with van der Waals surface area (Å²) >= 11 is 0. The van der Waals surface area contributed by atoms with Gasteiger partial charge in [0.25, 0.3) is 0 Å². The highest BCUT2D eigenvalue weighted by atomic mass is 32.2. The lowest BCUT2D eigenvalue weighted by molar-refractivity contribution is 0.673. The monoisotopic (exact) mass is 240 g/mol. The Kier molecular flexibility index (Phi) is 4.10. The molecule has 0 bridgehead atoms. The zero-order chi connectivity index (χ0) is 12.5. The van der Waals surface area contributed by atoms with Gasteiger partial charge in [-0.25, -0.2) is 8.93 Å². The van der Waals surface area contributed by atoms with Crippen LogP contribution in [0.4, 0.5) is 5.69 Å². The Hall–Kier alpha value is -0.870. The molecule has 0 radical (unpaired) electrons. The van der Waals surface area contributed by atoms with Crippen LogP contribution in [0.15, 0.2) is 4.90 Å². The summed E-state index contributed by atoms with van der Waals surface area (Å²) in [6.07, 6.45) is 0. The van der Waals surface area contributed by atoms with E-state index in [0.29, 0.717) is 6.54 Å². The van der Waals surface area contributed by atoms with E-state index < -0.39 is 11.0 Å². The summed E-state index contributed by atoms with van der Waals surface area (Å²) < 4.78 is 15.0. The highest BCUT2D eigenvalue weighted by molar-refractivity contribution is 7.83. The van der Waals surface area contributed by atoms with E-state index in [1.54, 1.807) is 0 Å². The average Bonchev–Trinajstić information content (AvgIpc) is 2.24. The van der Waals surface area contributed by atoms with Gasteiger partial charge in [-0.2, -0.15) is 0 Å². The maximum atomic E-state index is 12.1. The third-order valence-corrected chi connectivity index (χ3v) is 4.61. The quantitative estimate of drug-likeness (QED) is 0.795. The van der Waals surface area contributed by atoms with Gasteiger partial charge in [-0.15, -0.1) is 0 Å². The molecule has 0 aliphatic rings. The SMILES string of the molecule is CCNS(=O)c1c(C)c(C)c(N)c(C)c1C. The molecule has 1 rings (SSSR count). The Balaban J connectivity index is 3.45. The molecule has 3 nitrogen and oxygen atoms in total. The smallest absolute Gasteiger partial charge is 0.125 e. The van der Waals surface area contributed by atoms with Crippen molar-refractivity contribution in [2.75, 3.05) is 12.3 Å². The Morgan fingerprint density at radius 1 is 1.06 bits per heavy atom. The van der Waals surface area contributed by atoms with Gasteiger partial charge in [0, 0.05) is 12.2 Å². The Morgan fingerprint density at radius 2 is 1.50 bits per heavy atom. The first kappa shape index (κ1) is 13.2. The number of hydrogen-bond donors (Lipinski definition) is 2. The molecule has 0 fully saturated rings. The minimum Gasteiger partial charge on any atom is -0.398 e. The minimum absolute atomic E-state index is 0.688. The second kappa shape index (κ2) is 4.97. The van der Waals surface area contributed by atoms with E-state index in [9.17, 15) is 4.21 Å². The number of nitrogens with one attached hydrogen (secondary N) is 1. The molecule has 0 saturated carbocycles. The highest BCUT2D eigenvalue weighted by Crippen LogP contribution is 2.29. The van der Waals surface area contributed by atoms with Gasteiger partial charge < -0.3 is 5.73 Å². The van der Waals surface area contributed by atoms with Crippen LogP contribution < -0.4 is 10.5 Å². The summed E-state index contributed by atoms with van der Waals surface area (Å²) in [5, 5.41) is 0. The summed E-state index contributed by atoms with van der Waals surface area (Å²) in [7, 11) is -1.14. The van der Waals surface area contributed by atoms with Crippen LogP contribution in [0.3, 0.4) is 0 Å². The maximum Gasteiger partial charge on any atom is 0.125 e. The molecule has 1 aromatic carbocycles. The van der Waals surface area contributed by atoms with Gasteiger partial charge in [-0.3, -0.25) is 0 Å². The largest absolute Gasteiger partial charge is 0.398 e. The van der Waals surface area contributed by atoms with Crippen molar-refractivity contribution in [3.8, 4) is 0 Å². The molecule has 0 heterocycles. The van der Waals surface area contributed by atoms with E-state index >= 15 is 0 Å². The van der Waals surface area contributed by atoms with Crippen molar-refractivity contribution in [2.45, 2.75) is 39.5 Å². The van der Waals surface area contributed by atoms with Crippen molar-refractivity contribution in [1.82, 2.24) is 4.72 Å². The highest BCUT2D eigenvalue weighted by Gasteiger charge is 2.16. The number of nitrogens with two attached hydrogens (primary N) is 1. The van der Waals surface area contributed by atoms with Gasteiger partial charge in [0.2, 0.25) is 0 Å². The fourth-order valence-electron chi connectivity index (χ4n) is 1.79. The van der Waals surface area contributed by atoms with E-state index in [1.807, 2.05) is 34.6 Å². The van der Waals surface area contributed by atoms with Crippen molar-refractivity contribution >= 4 is 16.7 Å². The summed E-state index contributed by atoms with van der Waals surface area (Å²) in [4.78, 5) is 0.881. The molecular formula is C12H20N2OS. The van der Waals surface area contributed by atoms with Crippen LogP contribution in [0.1, 0.15) is 29.2 Å². The van der Waals surface area contributed by atoms with Crippen LogP contribution >= 0.6 is 0 Å². The lowest BCUT2D eigenvalue weighted by Gasteiger charge is -2.17. The van der Waals surface area contributed by atoms with Crippen LogP contribution in [-0.4, -0.2) is 10.8 Å². The Morgan fingerprint density at radius 3 is 1.88 bits per heavy atom. The first-order valence-corrected chi connectivity index (χ1v) is 6.57. The predicted octanol–water partition coefficient (Wildman–Crippen LogP) is 2.13. The summed E-state index contributed by atoms with van der Waals surface area (Å²) in [6, 6.07) is 0. The second-order valence-corrected chi connectivity index (χ2v) is 5.24. The molecule has 0 amide bonds. The van der Waals surface area contributed by atoms with E-state index in [1.165, 1.54) is 0 Å². The lowest BCUT2D eigenvalue weighted by atomic mass is 9.99. The summed E-state index contributed by atoms with van der Waals surface area (Å²) in [5.74, 6) is 0. The van der Waals surface area contributed by atoms with Gasteiger partial charge in [-0.1, -0.05) is 6.92 Å². The average molecular weight is 240 g/mol. The molecule has 0 saturated heterocycles. The third-order valence-electron chi connectivity index (χ3n) is 3.08. The molecule has 0 aliphatic heterocycles. The van der Waals surface area contributed by atoms with E-state index in [4.69, 9.17) is 5.73 Å². The molecule has 4 heteroatoms. The molecule has 0 aromatic heterocycles. The van der Waals surface area contributed by atoms with Crippen molar-refractivity contribution < 1.29 is 4.21 Å². The molecule has 0 spiro atoms. The lowest BCUT2D eigenvalue weighted by Crippen LogP contribution is -2.19. The first-order chi connectivity index (χ1) is 7.41. The van der Waals surface area contributed by atoms with Crippen molar-refractivity contribution in [3.63, 3.8) is 0 Å². The first-order valence-electron chi connectivity index (χ1n) is 5.42. The molecule has 1 atom stereocenters. The predicted molar refractivity (Wildman–Crippen MR) is 69.9 cm³/mol. The molecular weight excluding hydrogens is 220 g/mol. The van der Waals surface area contributed by atoms with Crippen LogP contribution in [0.2, 0.25) is 0 Å². The zero-order valence-electron chi connectivity index (χ0n) is 10.6. The van der Waals surface area contributed by atoms with Gasteiger partial charge in [-0.05, 0) is 49.9 Å². The van der Waals surface area contributed by atoms with Crippen LogP contribution in [0, 0.1) is 27.7 Å². The van der Waals surface area contributed by atoms with Crippen molar-refractivity contribution in [2.24, 2.45) is 0 Å². The number of rotatable bonds is 3. The summed E-state index contributed by atoms with van der Waals surface area (Å²) in [6.45, 7) is 10.5. The molecule has 0 aliphatic carbocycles. The number of benzene rings is 1. The number of nitrogen functional groups attached to an aromatic ring is 1. The Bertz CT molecular complexity index is 412.